The van der Waals surface area contributed by atoms with Gasteiger partial charge < -0.3 is 19.9 Å². The zero-order valence-electron chi connectivity index (χ0n) is 19.6. The molecule has 0 spiro atoms. The van der Waals surface area contributed by atoms with E-state index in [4.69, 9.17) is 4.74 Å². The topological polar surface area (TPSA) is 100 Å². The molecule has 35 heavy (non-hydrogen) atoms. The molecule has 3 aromatic rings. The number of nitrogens with zero attached hydrogens (tertiary/aromatic N) is 3. The molecular weight excluding hydrogens is 456 g/mol. The van der Waals surface area contributed by atoms with Crippen molar-refractivity contribution in [1.82, 2.24) is 25.2 Å². The summed E-state index contributed by atoms with van der Waals surface area (Å²) in [5.74, 6) is -0.0616. The summed E-state index contributed by atoms with van der Waals surface area (Å²) < 4.78 is 34.8. The number of aryl methyl sites for hydroxylation is 1. The highest BCUT2D eigenvalue weighted by Crippen LogP contribution is 2.36. The van der Waals surface area contributed by atoms with Gasteiger partial charge in [0.1, 0.15) is 35.3 Å². The molecule has 10 heteroatoms. The van der Waals surface area contributed by atoms with E-state index in [0.717, 1.165) is 12.8 Å². The van der Waals surface area contributed by atoms with Gasteiger partial charge in [-0.05, 0) is 50.3 Å². The fraction of sp³-hybridized carbons (Fsp3) is 0.440. The average molecular weight is 484 g/mol. The molecule has 2 amide bonds. The highest BCUT2D eigenvalue weighted by Gasteiger charge is 2.33. The van der Waals surface area contributed by atoms with Crippen molar-refractivity contribution in [3.8, 4) is 17.0 Å². The summed E-state index contributed by atoms with van der Waals surface area (Å²) in [6.07, 6.45) is 2.51. The first-order valence-corrected chi connectivity index (χ1v) is 11.8. The number of likely N-dealkylation sites (tertiary alicyclic amines) is 1. The number of nitrogens with one attached hydrogen (secondary N) is 2. The van der Waals surface area contributed by atoms with Gasteiger partial charge in [-0.25, -0.2) is 18.7 Å². The number of carbonyl (C=O) groups excluding carboxylic acids is 2. The number of hydrogen-bond acceptors (Lipinski definition) is 5. The largest absolute Gasteiger partial charge is 0.493 e. The lowest BCUT2D eigenvalue weighted by Crippen LogP contribution is -2.53. The van der Waals surface area contributed by atoms with Crippen molar-refractivity contribution in [3.05, 3.63) is 41.6 Å². The number of H-pyrrole nitrogens is 1. The van der Waals surface area contributed by atoms with Gasteiger partial charge in [0.2, 0.25) is 5.91 Å². The number of benzene rings is 1. The minimum atomic E-state index is -1.37. The number of hydrogen-bond donors (Lipinski definition) is 2. The third-order valence-electron chi connectivity index (χ3n) is 6.67. The van der Waals surface area contributed by atoms with Gasteiger partial charge in [-0.1, -0.05) is 0 Å². The number of aromatic nitrogens is 3. The van der Waals surface area contributed by atoms with Crippen LogP contribution in [0.15, 0.2) is 24.5 Å². The van der Waals surface area contributed by atoms with Crippen molar-refractivity contribution < 1.29 is 23.1 Å². The van der Waals surface area contributed by atoms with Crippen molar-refractivity contribution >= 4 is 22.8 Å². The second kappa shape index (κ2) is 9.24. The number of rotatable bonds is 6. The van der Waals surface area contributed by atoms with E-state index >= 15 is 0 Å². The van der Waals surface area contributed by atoms with Crippen LogP contribution in [0, 0.1) is 18.7 Å². The van der Waals surface area contributed by atoms with Crippen LogP contribution in [0.25, 0.3) is 22.3 Å². The first kappa shape index (κ1) is 23.2. The van der Waals surface area contributed by atoms with E-state index in [-0.39, 0.29) is 18.0 Å². The molecule has 2 atom stereocenters. The minimum Gasteiger partial charge on any atom is -0.493 e. The molecule has 0 radical (unpaired) electrons. The predicted octanol–water partition coefficient (Wildman–Crippen LogP) is 3.55. The van der Waals surface area contributed by atoms with Crippen molar-refractivity contribution in [2.75, 3.05) is 19.7 Å². The molecule has 184 valence electrons. The van der Waals surface area contributed by atoms with E-state index < -0.39 is 23.9 Å². The number of piperidine rings is 1. The minimum absolute atomic E-state index is 0.0529. The van der Waals surface area contributed by atoms with Crippen molar-refractivity contribution in [2.24, 2.45) is 5.92 Å². The molecule has 2 N–H and O–H groups in total. The Bertz CT molecular complexity index is 1290. The smallest absolute Gasteiger partial charge is 0.255 e. The molecular formula is C25H27F2N5O3. The maximum absolute atomic E-state index is 14.7. The van der Waals surface area contributed by atoms with Gasteiger partial charge >= 0.3 is 0 Å². The van der Waals surface area contributed by atoms with Crippen LogP contribution in [0.2, 0.25) is 0 Å². The van der Waals surface area contributed by atoms with Crippen LogP contribution in [0.5, 0.6) is 5.75 Å². The van der Waals surface area contributed by atoms with Crippen molar-refractivity contribution in [2.45, 2.75) is 45.3 Å². The Morgan fingerprint density at radius 3 is 2.77 bits per heavy atom. The number of ether oxygens (including phenoxy) is 1. The number of alkyl halides is 1. The fourth-order valence-corrected chi connectivity index (χ4v) is 4.50. The van der Waals surface area contributed by atoms with E-state index in [0.29, 0.717) is 59.2 Å². The van der Waals surface area contributed by atoms with Gasteiger partial charge in [0, 0.05) is 24.7 Å². The lowest BCUT2D eigenvalue weighted by molar-refractivity contribution is -0.131. The Morgan fingerprint density at radius 1 is 1.26 bits per heavy atom. The molecule has 8 nitrogen and oxygen atoms in total. The summed E-state index contributed by atoms with van der Waals surface area (Å²) in [5, 5.41) is 2.77. The number of aromatic amines is 1. The van der Waals surface area contributed by atoms with E-state index in [1.165, 1.54) is 30.3 Å². The number of halogens is 2. The maximum Gasteiger partial charge on any atom is 0.255 e. The van der Waals surface area contributed by atoms with Crippen LogP contribution >= 0.6 is 0 Å². The van der Waals surface area contributed by atoms with E-state index in [1.807, 2.05) is 0 Å². The van der Waals surface area contributed by atoms with Crippen LogP contribution in [-0.4, -0.2) is 63.6 Å². The van der Waals surface area contributed by atoms with Crippen LogP contribution in [-0.2, 0) is 4.79 Å². The summed E-state index contributed by atoms with van der Waals surface area (Å²) in [6, 6.07) is 3.57. The Balaban J connectivity index is 1.45. The molecule has 1 saturated heterocycles. The van der Waals surface area contributed by atoms with Gasteiger partial charge in [-0.15, -0.1) is 0 Å². The third kappa shape index (κ3) is 4.69. The van der Waals surface area contributed by atoms with Gasteiger partial charge in [0.25, 0.3) is 5.91 Å². The predicted molar refractivity (Wildman–Crippen MR) is 125 cm³/mol. The molecule has 1 aromatic carbocycles. The van der Waals surface area contributed by atoms with Gasteiger partial charge in [-0.2, -0.15) is 0 Å². The Hall–Kier alpha value is -3.56. The third-order valence-corrected chi connectivity index (χ3v) is 6.67. The molecule has 2 fully saturated rings. The number of amides is 2. The maximum atomic E-state index is 14.7. The molecule has 2 aromatic heterocycles. The van der Waals surface area contributed by atoms with E-state index in [2.05, 4.69) is 20.3 Å². The standard InChI is InChI=1S/C25H27F2N5O3/c1-13-21(25(34)31-19-7-8-32(14(2)33)10-18(19)27)23-24(30-13)22(28-12-29-23)17-9-16(26)5-6-20(17)35-11-15-3-4-15/h5-6,9,12,15,18-19,30H,3-4,7-8,10-11H2,1-2H3,(H,31,34)/t18-,19+/m1/s1. The molecule has 1 aliphatic carbocycles. The molecule has 0 bridgehead atoms. The summed E-state index contributed by atoms with van der Waals surface area (Å²) in [6.45, 7) is 4.00. The second-order valence-electron chi connectivity index (χ2n) is 9.32. The molecule has 5 rings (SSSR count). The van der Waals surface area contributed by atoms with Crippen LogP contribution < -0.4 is 10.1 Å². The van der Waals surface area contributed by atoms with E-state index in [9.17, 15) is 18.4 Å². The number of carbonyl (C=O) groups is 2. The molecule has 1 aliphatic heterocycles. The highest BCUT2D eigenvalue weighted by molar-refractivity contribution is 6.09. The normalized spacial score (nSPS) is 20.2. The van der Waals surface area contributed by atoms with Gasteiger partial charge in [0.05, 0.1) is 30.3 Å². The lowest BCUT2D eigenvalue weighted by Gasteiger charge is -2.34. The summed E-state index contributed by atoms with van der Waals surface area (Å²) in [4.78, 5) is 38.0. The van der Waals surface area contributed by atoms with Crippen molar-refractivity contribution in [3.63, 3.8) is 0 Å². The Labute approximate surface area is 201 Å². The average Bonchev–Trinajstić information content (AvgIpc) is 3.59. The summed E-state index contributed by atoms with van der Waals surface area (Å²) in [5.41, 5.74) is 2.53. The quantitative estimate of drug-likeness (QED) is 0.559. The molecule has 0 unspecified atom stereocenters. The van der Waals surface area contributed by atoms with E-state index in [1.54, 1.807) is 13.0 Å². The molecule has 1 saturated carbocycles. The lowest BCUT2D eigenvalue weighted by atomic mass is 10.0. The monoisotopic (exact) mass is 483 g/mol. The van der Waals surface area contributed by atoms with Gasteiger partial charge in [-0.3, -0.25) is 9.59 Å². The highest BCUT2D eigenvalue weighted by atomic mass is 19.1. The SMILES string of the molecule is CC(=O)N1CC[C@H](NC(=O)c2c(C)[nH]c3c(-c4cc(F)ccc4OCC4CC4)ncnc23)[C@H](F)C1. The number of fused-ring (bicyclic) bond motifs is 1. The van der Waals surface area contributed by atoms with Crippen molar-refractivity contribution in [1.29, 1.82) is 0 Å². The molecule has 3 heterocycles. The second-order valence-corrected chi connectivity index (χ2v) is 9.32. The molecule has 2 aliphatic rings. The fourth-order valence-electron chi connectivity index (χ4n) is 4.50. The Morgan fingerprint density at radius 2 is 2.06 bits per heavy atom. The van der Waals surface area contributed by atoms with Crippen LogP contribution in [0.3, 0.4) is 0 Å². The Kier molecular flexibility index (Phi) is 6.12. The zero-order valence-corrected chi connectivity index (χ0v) is 19.6. The van der Waals surface area contributed by atoms with Crippen LogP contribution in [0.1, 0.15) is 42.2 Å². The van der Waals surface area contributed by atoms with Crippen LogP contribution in [0.4, 0.5) is 8.78 Å². The first-order valence-electron chi connectivity index (χ1n) is 11.8. The van der Waals surface area contributed by atoms with Gasteiger partial charge in [0.15, 0.2) is 0 Å². The summed E-state index contributed by atoms with van der Waals surface area (Å²) in [7, 11) is 0. The summed E-state index contributed by atoms with van der Waals surface area (Å²) >= 11 is 0. The first-order chi connectivity index (χ1) is 16.8. The zero-order chi connectivity index (χ0) is 24.7.